The van der Waals surface area contributed by atoms with Crippen LogP contribution in [0.4, 0.5) is 20.2 Å². The van der Waals surface area contributed by atoms with E-state index in [1.165, 1.54) is 12.1 Å². The van der Waals surface area contributed by atoms with Crippen molar-refractivity contribution in [2.24, 2.45) is 5.92 Å². The quantitative estimate of drug-likeness (QED) is 0.610. The topological polar surface area (TPSA) is 55.2 Å². The van der Waals surface area contributed by atoms with Crippen LogP contribution in [0, 0.1) is 16.0 Å². The third-order valence-corrected chi connectivity index (χ3v) is 3.48. The molecule has 0 aliphatic heterocycles. The first-order valence-electron chi connectivity index (χ1n) is 5.75. The standard InChI is InChI=1S/C12H16F2N2O2S/c1-8(7-19-2)6-15-11-4-3-9(16(17)18)5-10(11)12(13)14/h3-5,8,12,15H,6-7H2,1-2H3. The molecule has 1 atom stereocenters. The van der Waals surface area contributed by atoms with Gasteiger partial charge in [0.05, 0.1) is 4.92 Å². The van der Waals surface area contributed by atoms with Gasteiger partial charge in [-0.2, -0.15) is 11.8 Å². The second-order valence-corrected chi connectivity index (χ2v) is 5.18. The lowest BCUT2D eigenvalue weighted by Gasteiger charge is -2.15. The number of non-ortho nitro benzene ring substituents is 1. The number of anilines is 1. The number of halogens is 2. The Morgan fingerprint density at radius 2 is 2.16 bits per heavy atom. The predicted octanol–water partition coefficient (Wildman–Crippen LogP) is 3.94. The maximum absolute atomic E-state index is 12.9. The van der Waals surface area contributed by atoms with E-state index in [-0.39, 0.29) is 16.9 Å². The first kappa shape index (κ1) is 15.7. The minimum atomic E-state index is -2.74. The zero-order chi connectivity index (χ0) is 14.4. The number of benzene rings is 1. The Hall–Kier alpha value is -1.37. The summed E-state index contributed by atoms with van der Waals surface area (Å²) in [7, 11) is 0. The average molecular weight is 290 g/mol. The van der Waals surface area contributed by atoms with Gasteiger partial charge >= 0.3 is 0 Å². The lowest BCUT2D eigenvalue weighted by atomic mass is 10.1. The minimum Gasteiger partial charge on any atom is -0.384 e. The van der Waals surface area contributed by atoms with Crippen molar-refractivity contribution in [1.29, 1.82) is 0 Å². The molecule has 0 radical (unpaired) electrons. The number of rotatable bonds is 7. The molecule has 0 aliphatic rings. The fourth-order valence-electron chi connectivity index (χ4n) is 1.63. The van der Waals surface area contributed by atoms with E-state index in [1.807, 2.05) is 13.2 Å². The molecule has 0 spiro atoms. The number of hydrogen-bond donors (Lipinski definition) is 1. The van der Waals surface area contributed by atoms with Crippen LogP contribution in [0.15, 0.2) is 18.2 Å². The van der Waals surface area contributed by atoms with E-state index in [1.54, 1.807) is 11.8 Å². The summed E-state index contributed by atoms with van der Waals surface area (Å²) < 4.78 is 25.8. The van der Waals surface area contributed by atoms with Gasteiger partial charge in [-0.05, 0) is 24.0 Å². The molecule has 1 aromatic rings. The van der Waals surface area contributed by atoms with Crippen molar-refractivity contribution >= 4 is 23.1 Å². The Labute approximate surface area is 114 Å². The van der Waals surface area contributed by atoms with E-state index in [9.17, 15) is 18.9 Å². The molecule has 7 heteroatoms. The van der Waals surface area contributed by atoms with Crippen molar-refractivity contribution in [1.82, 2.24) is 0 Å². The highest BCUT2D eigenvalue weighted by molar-refractivity contribution is 7.98. The smallest absolute Gasteiger partial charge is 0.270 e. The third-order valence-electron chi connectivity index (χ3n) is 2.57. The zero-order valence-corrected chi connectivity index (χ0v) is 11.5. The van der Waals surface area contributed by atoms with Crippen LogP contribution in [-0.2, 0) is 0 Å². The van der Waals surface area contributed by atoms with Gasteiger partial charge in [0.15, 0.2) is 0 Å². The molecule has 1 unspecified atom stereocenters. The second kappa shape index (κ2) is 7.28. The van der Waals surface area contributed by atoms with Crippen LogP contribution in [0.3, 0.4) is 0 Å². The highest BCUT2D eigenvalue weighted by atomic mass is 32.2. The van der Waals surface area contributed by atoms with Crippen LogP contribution in [0.5, 0.6) is 0 Å². The summed E-state index contributed by atoms with van der Waals surface area (Å²) in [6.45, 7) is 2.56. The number of nitrogens with zero attached hydrogens (tertiary/aromatic N) is 1. The van der Waals surface area contributed by atoms with Crippen molar-refractivity contribution in [2.75, 3.05) is 23.9 Å². The average Bonchev–Trinajstić information content (AvgIpc) is 2.36. The van der Waals surface area contributed by atoms with Gasteiger partial charge in [0, 0.05) is 29.9 Å². The molecule has 0 saturated heterocycles. The fourth-order valence-corrected chi connectivity index (χ4v) is 2.32. The zero-order valence-electron chi connectivity index (χ0n) is 10.7. The summed E-state index contributed by atoms with van der Waals surface area (Å²) in [6.07, 6.45) is -0.759. The molecule has 0 bridgehead atoms. The molecule has 4 nitrogen and oxygen atoms in total. The summed E-state index contributed by atoms with van der Waals surface area (Å²) in [4.78, 5) is 9.90. The largest absolute Gasteiger partial charge is 0.384 e. The lowest BCUT2D eigenvalue weighted by Crippen LogP contribution is -2.14. The van der Waals surface area contributed by atoms with E-state index in [2.05, 4.69) is 5.32 Å². The minimum absolute atomic E-state index is 0.258. The van der Waals surface area contributed by atoms with Crippen LogP contribution in [0.2, 0.25) is 0 Å². The number of alkyl halides is 2. The molecule has 0 amide bonds. The van der Waals surface area contributed by atoms with Gasteiger partial charge in [0.2, 0.25) is 0 Å². The highest BCUT2D eigenvalue weighted by Gasteiger charge is 2.18. The first-order chi connectivity index (χ1) is 8.95. The summed E-state index contributed by atoms with van der Waals surface area (Å²) in [5.41, 5.74) is -0.392. The maximum Gasteiger partial charge on any atom is 0.270 e. The SMILES string of the molecule is CSCC(C)CNc1ccc([N+](=O)[O-])cc1C(F)F. The van der Waals surface area contributed by atoms with E-state index in [0.29, 0.717) is 12.5 Å². The number of nitro groups is 1. The number of hydrogen-bond acceptors (Lipinski definition) is 4. The maximum atomic E-state index is 12.9. The molecule has 1 rings (SSSR count). The van der Waals surface area contributed by atoms with E-state index < -0.39 is 11.3 Å². The number of thioether (sulfide) groups is 1. The van der Waals surface area contributed by atoms with Crippen molar-refractivity contribution in [3.05, 3.63) is 33.9 Å². The van der Waals surface area contributed by atoms with Gasteiger partial charge in [0.25, 0.3) is 12.1 Å². The number of nitro benzene ring substituents is 1. The van der Waals surface area contributed by atoms with Crippen LogP contribution < -0.4 is 5.32 Å². The van der Waals surface area contributed by atoms with E-state index in [0.717, 1.165) is 11.8 Å². The molecule has 0 aromatic heterocycles. The third kappa shape index (κ3) is 4.66. The van der Waals surface area contributed by atoms with E-state index in [4.69, 9.17) is 0 Å². The summed E-state index contributed by atoms with van der Waals surface area (Å²) in [5.74, 6) is 1.25. The van der Waals surface area contributed by atoms with E-state index >= 15 is 0 Å². The molecule has 0 fully saturated rings. The van der Waals surface area contributed by atoms with Crippen molar-refractivity contribution in [3.8, 4) is 0 Å². The Kier molecular flexibility index (Phi) is 6.01. The Morgan fingerprint density at radius 3 is 2.68 bits per heavy atom. The van der Waals surface area contributed by atoms with Gasteiger partial charge in [-0.3, -0.25) is 10.1 Å². The molecule has 0 heterocycles. The van der Waals surface area contributed by atoms with Crippen molar-refractivity contribution in [2.45, 2.75) is 13.3 Å². The van der Waals surface area contributed by atoms with Crippen LogP contribution in [0.25, 0.3) is 0 Å². The van der Waals surface area contributed by atoms with Gasteiger partial charge in [-0.25, -0.2) is 8.78 Å². The molecular weight excluding hydrogens is 274 g/mol. The van der Waals surface area contributed by atoms with Gasteiger partial charge in [-0.1, -0.05) is 6.92 Å². The van der Waals surface area contributed by atoms with Crippen LogP contribution in [-0.4, -0.2) is 23.5 Å². The molecular formula is C12H16F2N2O2S. The molecule has 1 aromatic carbocycles. The van der Waals surface area contributed by atoms with Crippen LogP contribution >= 0.6 is 11.8 Å². The predicted molar refractivity (Wildman–Crippen MR) is 74.1 cm³/mol. The fraction of sp³-hybridized carbons (Fsp3) is 0.500. The van der Waals surface area contributed by atoms with Crippen molar-refractivity contribution in [3.63, 3.8) is 0 Å². The summed E-state index contributed by atoms with van der Waals surface area (Å²) in [6, 6.07) is 3.49. The highest BCUT2D eigenvalue weighted by Crippen LogP contribution is 2.30. The Bertz CT molecular complexity index is 444. The van der Waals surface area contributed by atoms with Crippen molar-refractivity contribution < 1.29 is 13.7 Å². The Morgan fingerprint density at radius 1 is 1.47 bits per heavy atom. The van der Waals surface area contributed by atoms with Gasteiger partial charge in [-0.15, -0.1) is 0 Å². The molecule has 106 valence electrons. The number of nitrogens with one attached hydrogen (secondary N) is 1. The summed E-state index contributed by atoms with van der Waals surface area (Å²) >= 11 is 1.68. The first-order valence-corrected chi connectivity index (χ1v) is 7.14. The monoisotopic (exact) mass is 290 g/mol. The second-order valence-electron chi connectivity index (χ2n) is 4.27. The van der Waals surface area contributed by atoms with Crippen LogP contribution in [0.1, 0.15) is 18.9 Å². The van der Waals surface area contributed by atoms with Gasteiger partial charge < -0.3 is 5.32 Å². The molecule has 0 aliphatic carbocycles. The Balaban J connectivity index is 2.85. The normalized spacial score (nSPS) is 12.5. The molecule has 19 heavy (non-hydrogen) atoms. The lowest BCUT2D eigenvalue weighted by molar-refractivity contribution is -0.385. The molecule has 1 N–H and O–H groups in total. The van der Waals surface area contributed by atoms with Gasteiger partial charge in [0.1, 0.15) is 0 Å². The molecule has 0 saturated carbocycles. The summed E-state index contributed by atoms with van der Waals surface area (Å²) in [5, 5.41) is 13.5.